The Morgan fingerprint density at radius 2 is 2.11 bits per heavy atom. The number of pyridine rings is 1. The Bertz CT molecular complexity index is 425. The van der Waals surface area contributed by atoms with Gasteiger partial charge >= 0.3 is 6.18 Å². The third-order valence-corrected chi connectivity index (χ3v) is 2.54. The lowest BCUT2D eigenvalue weighted by Gasteiger charge is -2.25. The highest BCUT2D eigenvalue weighted by Gasteiger charge is 2.31. The molecule has 7 heteroatoms. The van der Waals surface area contributed by atoms with Gasteiger partial charge in [-0.05, 0) is 25.0 Å². The van der Waals surface area contributed by atoms with E-state index in [1.54, 1.807) is 0 Å². The highest BCUT2D eigenvalue weighted by molar-refractivity contribution is 5.91. The first-order valence-electron chi connectivity index (χ1n) is 5.46. The number of hydrogen-bond donors (Lipinski definition) is 0. The van der Waals surface area contributed by atoms with Crippen LogP contribution < -0.4 is 0 Å². The molecule has 1 amide bonds. The molecule has 0 saturated carbocycles. The Morgan fingerprint density at radius 1 is 1.33 bits per heavy atom. The van der Waals surface area contributed by atoms with E-state index >= 15 is 0 Å². The molecule has 0 spiro atoms. The Balaban J connectivity index is 2.11. The molecule has 2 heterocycles. The molecular formula is C11H11F3N2O2. The molecule has 4 nitrogen and oxygen atoms in total. The summed E-state index contributed by atoms with van der Waals surface area (Å²) in [6.07, 6.45) is -2.12. The van der Waals surface area contributed by atoms with Crippen molar-refractivity contribution in [2.24, 2.45) is 0 Å². The highest BCUT2D eigenvalue weighted by Crippen LogP contribution is 2.28. The number of hydroxylamine groups is 2. The average Bonchev–Trinajstić information content (AvgIpc) is 2.38. The Morgan fingerprint density at radius 3 is 2.61 bits per heavy atom. The molecule has 0 N–H and O–H groups in total. The topological polar surface area (TPSA) is 42.4 Å². The zero-order valence-electron chi connectivity index (χ0n) is 9.41. The van der Waals surface area contributed by atoms with E-state index in [0.29, 0.717) is 19.3 Å². The number of hydrogen-bond acceptors (Lipinski definition) is 3. The van der Waals surface area contributed by atoms with E-state index in [2.05, 4.69) is 4.98 Å². The van der Waals surface area contributed by atoms with Gasteiger partial charge in [0.2, 0.25) is 0 Å². The number of aromatic nitrogens is 1. The van der Waals surface area contributed by atoms with Gasteiger partial charge in [0.15, 0.2) is 0 Å². The SMILES string of the molecule is O=C(c1ccc(C(F)(F)F)cn1)N1CCCCO1. The first-order valence-corrected chi connectivity index (χ1v) is 5.46. The zero-order valence-corrected chi connectivity index (χ0v) is 9.41. The molecule has 18 heavy (non-hydrogen) atoms. The summed E-state index contributed by atoms with van der Waals surface area (Å²) in [5.41, 5.74) is -0.927. The van der Waals surface area contributed by atoms with Crippen molar-refractivity contribution in [2.75, 3.05) is 13.2 Å². The second-order valence-electron chi connectivity index (χ2n) is 3.88. The Hall–Kier alpha value is -1.63. The van der Waals surface area contributed by atoms with Crippen molar-refractivity contribution in [3.8, 4) is 0 Å². The summed E-state index contributed by atoms with van der Waals surface area (Å²) in [5, 5.41) is 1.14. The summed E-state index contributed by atoms with van der Waals surface area (Å²) in [5.74, 6) is -0.511. The number of halogens is 3. The number of carbonyl (C=O) groups is 1. The van der Waals surface area contributed by atoms with Gasteiger partial charge in [0.1, 0.15) is 5.69 Å². The number of alkyl halides is 3. The molecule has 0 radical (unpaired) electrons. The van der Waals surface area contributed by atoms with Gasteiger partial charge in [-0.15, -0.1) is 0 Å². The third kappa shape index (κ3) is 2.79. The molecular weight excluding hydrogens is 249 g/mol. The molecule has 2 rings (SSSR count). The molecule has 0 unspecified atom stereocenters. The number of nitrogens with zero attached hydrogens (tertiary/aromatic N) is 2. The minimum atomic E-state index is -4.45. The van der Waals surface area contributed by atoms with E-state index in [0.717, 1.165) is 30.0 Å². The van der Waals surface area contributed by atoms with Crippen LogP contribution in [0.3, 0.4) is 0 Å². The average molecular weight is 260 g/mol. The summed E-state index contributed by atoms with van der Waals surface area (Å²) in [6, 6.07) is 1.90. The van der Waals surface area contributed by atoms with Crippen LogP contribution in [0.1, 0.15) is 28.9 Å². The fourth-order valence-corrected chi connectivity index (χ4v) is 1.57. The molecule has 1 aromatic heterocycles. The summed E-state index contributed by atoms with van der Waals surface area (Å²) < 4.78 is 36.9. The van der Waals surface area contributed by atoms with E-state index in [-0.39, 0.29) is 5.69 Å². The van der Waals surface area contributed by atoms with Crippen LogP contribution in [0.2, 0.25) is 0 Å². The number of carbonyl (C=O) groups excluding carboxylic acids is 1. The fourth-order valence-electron chi connectivity index (χ4n) is 1.57. The maximum atomic E-state index is 12.3. The van der Waals surface area contributed by atoms with Crippen LogP contribution in [0.25, 0.3) is 0 Å². The summed E-state index contributed by atoms with van der Waals surface area (Å²) in [4.78, 5) is 20.5. The largest absolute Gasteiger partial charge is 0.417 e. The first-order chi connectivity index (χ1) is 8.48. The Labute approximate surface area is 101 Å². The monoisotopic (exact) mass is 260 g/mol. The van der Waals surface area contributed by atoms with Crippen molar-refractivity contribution in [3.05, 3.63) is 29.6 Å². The smallest absolute Gasteiger partial charge is 0.271 e. The molecule has 1 aromatic rings. The number of amides is 1. The van der Waals surface area contributed by atoms with Crippen LogP contribution in [0, 0.1) is 0 Å². The van der Waals surface area contributed by atoms with Gasteiger partial charge in [-0.3, -0.25) is 14.6 Å². The highest BCUT2D eigenvalue weighted by atomic mass is 19.4. The fraction of sp³-hybridized carbons (Fsp3) is 0.455. The molecule has 1 fully saturated rings. The van der Waals surface area contributed by atoms with Gasteiger partial charge in [0.25, 0.3) is 5.91 Å². The minimum Gasteiger partial charge on any atom is -0.271 e. The second-order valence-corrected chi connectivity index (χ2v) is 3.88. The van der Waals surface area contributed by atoms with Crippen molar-refractivity contribution < 1.29 is 22.8 Å². The second kappa shape index (κ2) is 4.93. The third-order valence-electron chi connectivity index (χ3n) is 2.54. The van der Waals surface area contributed by atoms with Crippen LogP contribution in [0.5, 0.6) is 0 Å². The minimum absolute atomic E-state index is 0.0510. The maximum absolute atomic E-state index is 12.3. The van der Waals surface area contributed by atoms with Crippen molar-refractivity contribution in [1.82, 2.24) is 10.0 Å². The van der Waals surface area contributed by atoms with Crippen LogP contribution in [-0.4, -0.2) is 29.1 Å². The normalized spacial score (nSPS) is 16.7. The summed E-state index contributed by atoms with van der Waals surface area (Å²) in [7, 11) is 0. The quantitative estimate of drug-likeness (QED) is 0.777. The molecule has 0 atom stereocenters. The molecule has 0 aliphatic carbocycles. The lowest BCUT2D eigenvalue weighted by molar-refractivity contribution is -0.144. The molecule has 0 bridgehead atoms. The van der Waals surface area contributed by atoms with E-state index in [4.69, 9.17) is 4.84 Å². The van der Waals surface area contributed by atoms with E-state index in [1.165, 1.54) is 0 Å². The van der Waals surface area contributed by atoms with Crippen molar-refractivity contribution >= 4 is 5.91 Å². The van der Waals surface area contributed by atoms with Crippen LogP contribution in [0.4, 0.5) is 13.2 Å². The Kier molecular flexibility index (Phi) is 3.51. The molecule has 1 saturated heterocycles. The van der Waals surface area contributed by atoms with Crippen molar-refractivity contribution in [1.29, 1.82) is 0 Å². The van der Waals surface area contributed by atoms with Crippen LogP contribution in [0.15, 0.2) is 18.3 Å². The van der Waals surface area contributed by atoms with Gasteiger partial charge in [-0.1, -0.05) is 0 Å². The zero-order chi connectivity index (χ0) is 13.2. The molecule has 1 aliphatic rings. The van der Waals surface area contributed by atoms with Gasteiger partial charge in [-0.2, -0.15) is 13.2 Å². The number of rotatable bonds is 1. The lowest BCUT2D eigenvalue weighted by atomic mass is 10.2. The molecule has 1 aliphatic heterocycles. The van der Waals surface area contributed by atoms with Crippen LogP contribution >= 0.6 is 0 Å². The maximum Gasteiger partial charge on any atom is 0.417 e. The van der Waals surface area contributed by atoms with E-state index in [9.17, 15) is 18.0 Å². The van der Waals surface area contributed by atoms with Gasteiger partial charge in [-0.25, -0.2) is 5.06 Å². The summed E-state index contributed by atoms with van der Waals surface area (Å²) >= 11 is 0. The standard InChI is InChI=1S/C11H11F3N2O2/c12-11(13,14)8-3-4-9(15-7-8)10(17)16-5-1-2-6-18-16/h3-4,7H,1-2,5-6H2. The molecule has 0 aromatic carbocycles. The molecule has 98 valence electrons. The lowest BCUT2D eigenvalue weighted by Crippen LogP contribution is -2.36. The predicted octanol–water partition coefficient (Wildman–Crippen LogP) is 2.27. The van der Waals surface area contributed by atoms with Gasteiger partial charge in [0, 0.05) is 12.7 Å². The van der Waals surface area contributed by atoms with Gasteiger partial charge in [0.05, 0.1) is 12.2 Å². The van der Waals surface area contributed by atoms with Crippen molar-refractivity contribution in [2.45, 2.75) is 19.0 Å². The van der Waals surface area contributed by atoms with E-state index < -0.39 is 17.6 Å². The predicted molar refractivity (Wildman–Crippen MR) is 55.5 cm³/mol. The van der Waals surface area contributed by atoms with E-state index in [1.807, 2.05) is 0 Å². The van der Waals surface area contributed by atoms with Crippen LogP contribution in [-0.2, 0) is 11.0 Å². The van der Waals surface area contributed by atoms with Crippen molar-refractivity contribution in [3.63, 3.8) is 0 Å². The van der Waals surface area contributed by atoms with Gasteiger partial charge < -0.3 is 0 Å². The summed E-state index contributed by atoms with van der Waals surface area (Å²) in [6.45, 7) is 0.869. The first kappa shape index (κ1) is 12.8.